The Morgan fingerprint density at radius 2 is 1.78 bits per heavy atom. The molecule has 98 valence electrons. The highest BCUT2D eigenvalue weighted by Gasteiger charge is 2.30. The molecular formula is C16H23NO. The zero-order valence-corrected chi connectivity index (χ0v) is 11.1. The topological polar surface area (TPSA) is 12.5 Å². The SMILES string of the molecule is c1ccc(CN2CCC(C3CCOCC3)C2)cc1. The van der Waals surface area contributed by atoms with Gasteiger partial charge in [0, 0.05) is 26.3 Å². The fourth-order valence-corrected chi connectivity index (χ4v) is 3.42. The lowest BCUT2D eigenvalue weighted by atomic mass is 9.85. The molecule has 0 saturated carbocycles. The number of likely N-dealkylation sites (tertiary alicyclic amines) is 1. The summed E-state index contributed by atoms with van der Waals surface area (Å²) in [5, 5.41) is 0. The van der Waals surface area contributed by atoms with Crippen molar-refractivity contribution in [2.75, 3.05) is 26.3 Å². The summed E-state index contributed by atoms with van der Waals surface area (Å²) in [6.45, 7) is 5.66. The Morgan fingerprint density at radius 3 is 2.56 bits per heavy atom. The fourth-order valence-electron chi connectivity index (χ4n) is 3.42. The normalized spacial score (nSPS) is 26.6. The molecule has 2 aliphatic heterocycles. The summed E-state index contributed by atoms with van der Waals surface area (Å²) in [4.78, 5) is 2.62. The van der Waals surface area contributed by atoms with Gasteiger partial charge in [-0.15, -0.1) is 0 Å². The average Bonchev–Trinajstić information content (AvgIpc) is 2.89. The molecule has 1 aromatic rings. The van der Waals surface area contributed by atoms with Gasteiger partial charge in [0.1, 0.15) is 0 Å². The van der Waals surface area contributed by atoms with Crippen molar-refractivity contribution >= 4 is 0 Å². The summed E-state index contributed by atoms with van der Waals surface area (Å²) in [6, 6.07) is 10.9. The van der Waals surface area contributed by atoms with Crippen LogP contribution in [-0.4, -0.2) is 31.2 Å². The Hall–Kier alpha value is -0.860. The van der Waals surface area contributed by atoms with Gasteiger partial charge in [0.15, 0.2) is 0 Å². The Bertz CT molecular complexity index is 359. The molecule has 0 spiro atoms. The average molecular weight is 245 g/mol. The lowest BCUT2D eigenvalue weighted by Crippen LogP contribution is -2.26. The van der Waals surface area contributed by atoms with Crippen molar-refractivity contribution in [1.29, 1.82) is 0 Å². The van der Waals surface area contributed by atoms with Crippen LogP contribution in [0, 0.1) is 11.8 Å². The van der Waals surface area contributed by atoms with Gasteiger partial charge < -0.3 is 4.74 Å². The first-order chi connectivity index (χ1) is 8.92. The van der Waals surface area contributed by atoms with E-state index in [0.717, 1.165) is 31.6 Å². The predicted molar refractivity (Wildman–Crippen MR) is 73.4 cm³/mol. The molecule has 2 saturated heterocycles. The minimum atomic E-state index is 0.914. The summed E-state index contributed by atoms with van der Waals surface area (Å²) in [6.07, 6.45) is 3.95. The molecule has 0 radical (unpaired) electrons. The number of ether oxygens (including phenoxy) is 1. The highest BCUT2D eigenvalue weighted by molar-refractivity contribution is 5.14. The Balaban J connectivity index is 1.52. The minimum Gasteiger partial charge on any atom is -0.381 e. The number of rotatable bonds is 3. The van der Waals surface area contributed by atoms with Crippen LogP contribution in [0.15, 0.2) is 30.3 Å². The molecule has 0 amide bonds. The molecule has 2 heteroatoms. The van der Waals surface area contributed by atoms with E-state index in [0.29, 0.717) is 0 Å². The Labute approximate surface area is 110 Å². The van der Waals surface area contributed by atoms with Crippen LogP contribution in [-0.2, 0) is 11.3 Å². The maximum absolute atomic E-state index is 5.47. The van der Waals surface area contributed by atoms with Gasteiger partial charge in [-0.1, -0.05) is 30.3 Å². The van der Waals surface area contributed by atoms with Crippen molar-refractivity contribution in [1.82, 2.24) is 4.90 Å². The Kier molecular flexibility index (Phi) is 3.96. The summed E-state index contributed by atoms with van der Waals surface area (Å²) in [5.41, 5.74) is 1.45. The molecule has 2 heterocycles. The first-order valence-electron chi connectivity index (χ1n) is 7.26. The smallest absolute Gasteiger partial charge is 0.0468 e. The van der Waals surface area contributed by atoms with E-state index < -0.39 is 0 Å². The third-order valence-electron chi connectivity index (χ3n) is 4.49. The summed E-state index contributed by atoms with van der Waals surface area (Å²) >= 11 is 0. The Morgan fingerprint density at radius 1 is 1.00 bits per heavy atom. The monoisotopic (exact) mass is 245 g/mol. The van der Waals surface area contributed by atoms with Gasteiger partial charge >= 0.3 is 0 Å². The van der Waals surface area contributed by atoms with E-state index in [2.05, 4.69) is 35.2 Å². The van der Waals surface area contributed by atoms with Gasteiger partial charge in [-0.25, -0.2) is 0 Å². The molecule has 0 aromatic heterocycles. The molecule has 2 nitrogen and oxygen atoms in total. The van der Waals surface area contributed by atoms with E-state index >= 15 is 0 Å². The molecule has 0 aliphatic carbocycles. The standard InChI is InChI=1S/C16H23NO/c1-2-4-14(5-3-1)12-17-9-6-16(13-17)15-7-10-18-11-8-15/h1-5,15-16H,6-13H2. The number of nitrogens with zero attached hydrogens (tertiary/aromatic N) is 1. The van der Waals surface area contributed by atoms with Crippen LogP contribution in [0.2, 0.25) is 0 Å². The van der Waals surface area contributed by atoms with E-state index in [1.807, 2.05) is 0 Å². The minimum absolute atomic E-state index is 0.914. The van der Waals surface area contributed by atoms with Crippen molar-refractivity contribution in [3.8, 4) is 0 Å². The molecule has 1 unspecified atom stereocenters. The largest absolute Gasteiger partial charge is 0.381 e. The van der Waals surface area contributed by atoms with Gasteiger partial charge in [0.25, 0.3) is 0 Å². The van der Waals surface area contributed by atoms with Gasteiger partial charge in [-0.05, 0) is 43.2 Å². The van der Waals surface area contributed by atoms with Crippen LogP contribution >= 0.6 is 0 Å². The van der Waals surface area contributed by atoms with Crippen molar-refractivity contribution in [2.24, 2.45) is 11.8 Å². The lowest BCUT2D eigenvalue weighted by molar-refractivity contribution is 0.0477. The molecular weight excluding hydrogens is 222 g/mol. The molecule has 0 bridgehead atoms. The molecule has 3 rings (SSSR count). The van der Waals surface area contributed by atoms with E-state index in [1.165, 1.54) is 37.9 Å². The first-order valence-corrected chi connectivity index (χ1v) is 7.26. The first kappa shape index (κ1) is 12.2. The van der Waals surface area contributed by atoms with Crippen LogP contribution < -0.4 is 0 Å². The quantitative estimate of drug-likeness (QED) is 0.812. The second kappa shape index (κ2) is 5.85. The van der Waals surface area contributed by atoms with Crippen LogP contribution in [0.25, 0.3) is 0 Å². The molecule has 0 N–H and O–H groups in total. The molecule has 18 heavy (non-hydrogen) atoms. The lowest BCUT2D eigenvalue weighted by Gasteiger charge is -2.27. The van der Waals surface area contributed by atoms with Crippen LogP contribution in [0.1, 0.15) is 24.8 Å². The van der Waals surface area contributed by atoms with Gasteiger partial charge in [-0.3, -0.25) is 4.90 Å². The predicted octanol–water partition coefficient (Wildman–Crippen LogP) is 2.94. The molecule has 2 aliphatic rings. The summed E-state index contributed by atoms with van der Waals surface area (Å²) in [5.74, 6) is 1.83. The van der Waals surface area contributed by atoms with Gasteiger partial charge in [0.05, 0.1) is 0 Å². The second-order valence-corrected chi connectivity index (χ2v) is 5.72. The van der Waals surface area contributed by atoms with Crippen LogP contribution in [0.3, 0.4) is 0 Å². The number of benzene rings is 1. The summed E-state index contributed by atoms with van der Waals surface area (Å²) in [7, 11) is 0. The molecule has 2 fully saturated rings. The zero-order valence-electron chi connectivity index (χ0n) is 11.1. The van der Waals surface area contributed by atoms with E-state index in [1.54, 1.807) is 0 Å². The highest BCUT2D eigenvalue weighted by Crippen LogP contribution is 2.31. The summed E-state index contributed by atoms with van der Waals surface area (Å²) < 4.78 is 5.47. The van der Waals surface area contributed by atoms with E-state index in [4.69, 9.17) is 4.74 Å². The highest BCUT2D eigenvalue weighted by atomic mass is 16.5. The van der Waals surface area contributed by atoms with Crippen molar-refractivity contribution in [2.45, 2.75) is 25.8 Å². The maximum atomic E-state index is 5.47. The zero-order chi connectivity index (χ0) is 12.2. The van der Waals surface area contributed by atoms with Crippen LogP contribution in [0.5, 0.6) is 0 Å². The fraction of sp³-hybridized carbons (Fsp3) is 0.625. The number of hydrogen-bond donors (Lipinski definition) is 0. The second-order valence-electron chi connectivity index (χ2n) is 5.72. The van der Waals surface area contributed by atoms with Crippen LogP contribution in [0.4, 0.5) is 0 Å². The van der Waals surface area contributed by atoms with Crippen molar-refractivity contribution < 1.29 is 4.74 Å². The van der Waals surface area contributed by atoms with E-state index in [-0.39, 0.29) is 0 Å². The molecule has 1 atom stereocenters. The number of hydrogen-bond acceptors (Lipinski definition) is 2. The van der Waals surface area contributed by atoms with E-state index in [9.17, 15) is 0 Å². The van der Waals surface area contributed by atoms with Gasteiger partial charge in [0.2, 0.25) is 0 Å². The van der Waals surface area contributed by atoms with Crippen molar-refractivity contribution in [3.05, 3.63) is 35.9 Å². The third-order valence-corrected chi connectivity index (χ3v) is 4.49. The van der Waals surface area contributed by atoms with Crippen molar-refractivity contribution in [3.63, 3.8) is 0 Å². The third kappa shape index (κ3) is 2.93. The molecule has 1 aromatic carbocycles. The van der Waals surface area contributed by atoms with Gasteiger partial charge in [-0.2, -0.15) is 0 Å². The maximum Gasteiger partial charge on any atom is 0.0468 e.